The Kier molecular flexibility index (Phi) is 4.55. The van der Waals surface area contributed by atoms with Gasteiger partial charge in [-0.05, 0) is 59.4 Å². The molecule has 31 heavy (non-hydrogen) atoms. The summed E-state index contributed by atoms with van der Waals surface area (Å²) in [6, 6.07) is 8.70. The van der Waals surface area contributed by atoms with E-state index in [0.717, 1.165) is 17.3 Å². The number of halogens is 2. The highest BCUT2D eigenvalue weighted by Gasteiger charge is 2.45. The SMILES string of the molecule is CN1C[C@@H](C2c3cc(F)ccc3CCc3ccc(F)cc32)N2N=CC(O)C(O)=C2C1=O. The third-order valence-corrected chi connectivity index (χ3v) is 6.34. The molecule has 1 amide bonds. The van der Waals surface area contributed by atoms with Crippen LogP contribution in [0.15, 0.2) is 53.0 Å². The number of likely N-dealkylation sites (N-methyl/N-ethyl adjacent to an activating group) is 1. The van der Waals surface area contributed by atoms with Crippen molar-refractivity contribution in [1.29, 1.82) is 0 Å². The Morgan fingerprint density at radius 1 is 1.03 bits per heavy atom. The van der Waals surface area contributed by atoms with Crippen molar-refractivity contribution in [3.8, 4) is 0 Å². The molecule has 2 N–H and O–H groups in total. The minimum absolute atomic E-state index is 0.117. The molecule has 1 fully saturated rings. The molecule has 2 heterocycles. The molecule has 5 rings (SSSR count). The lowest BCUT2D eigenvalue weighted by Crippen LogP contribution is -2.55. The molecule has 2 aromatic carbocycles. The van der Waals surface area contributed by atoms with Crippen LogP contribution in [-0.2, 0) is 17.6 Å². The van der Waals surface area contributed by atoms with Crippen molar-refractivity contribution in [3.63, 3.8) is 0 Å². The molecule has 3 aliphatic rings. The van der Waals surface area contributed by atoms with E-state index in [2.05, 4.69) is 5.10 Å². The number of nitrogens with zero attached hydrogens (tertiary/aromatic N) is 3. The van der Waals surface area contributed by atoms with Gasteiger partial charge in [0.25, 0.3) is 5.91 Å². The summed E-state index contributed by atoms with van der Waals surface area (Å²) >= 11 is 0. The molecule has 2 aliphatic heterocycles. The summed E-state index contributed by atoms with van der Waals surface area (Å²) in [4.78, 5) is 14.2. The highest BCUT2D eigenvalue weighted by molar-refractivity contribution is 5.96. The normalized spacial score (nSPS) is 23.4. The standard InChI is InChI=1S/C23H21F2N3O3/c1-27-11-18(28-21(23(27)31)22(30)19(29)10-26-28)20-16-8-14(24)6-4-12(16)2-3-13-5-7-15(25)9-17(13)20/h4-10,18-20,29-30H,2-3,11H2,1H3/t18-,19?/m0/s1. The Morgan fingerprint density at radius 3 is 2.19 bits per heavy atom. The van der Waals surface area contributed by atoms with E-state index < -0.39 is 41.4 Å². The van der Waals surface area contributed by atoms with Crippen LogP contribution < -0.4 is 0 Å². The van der Waals surface area contributed by atoms with Crippen molar-refractivity contribution in [2.24, 2.45) is 5.10 Å². The Morgan fingerprint density at radius 2 is 1.61 bits per heavy atom. The van der Waals surface area contributed by atoms with Crippen LogP contribution in [0.3, 0.4) is 0 Å². The smallest absolute Gasteiger partial charge is 0.275 e. The van der Waals surface area contributed by atoms with Gasteiger partial charge in [0.05, 0.1) is 12.3 Å². The first-order valence-corrected chi connectivity index (χ1v) is 10.1. The average molecular weight is 425 g/mol. The van der Waals surface area contributed by atoms with Crippen LogP contribution >= 0.6 is 0 Å². The first kappa shape index (κ1) is 19.7. The van der Waals surface area contributed by atoms with Crippen LogP contribution in [0.25, 0.3) is 0 Å². The van der Waals surface area contributed by atoms with Crippen LogP contribution in [-0.4, -0.2) is 58.0 Å². The number of carbonyl (C=O) groups is 1. The van der Waals surface area contributed by atoms with Gasteiger partial charge in [-0.2, -0.15) is 5.10 Å². The number of amides is 1. The third-order valence-electron chi connectivity index (χ3n) is 6.34. The minimum Gasteiger partial charge on any atom is -0.507 e. The number of hydrazone groups is 1. The molecule has 8 heteroatoms. The topological polar surface area (TPSA) is 76.4 Å². The largest absolute Gasteiger partial charge is 0.507 e. The summed E-state index contributed by atoms with van der Waals surface area (Å²) in [6.07, 6.45) is 1.11. The van der Waals surface area contributed by atoms with Gasteiger partial charge in [0, 0.05) is 19.5 Å². The lowest BCUT2D eigenvalue weighted by atomic mass is 9.80. The summed E-state index contributed by atoms with van der Waals surface area (Å²) in [7, 11) is 1.59. The minimum atomic E-state index is -1.38. The van der Waals surface area contributed by atoms with Crippen molar-refractivity contribution in [2.45, 2.75) is 30.9 Å². The maximum absolute atomic E-state index is 14.3. The maximum Gasteiger partial charge on any atom is 0.275 e. The number of hydrogen-bond donors (Lipinski definition) is 2. The lowest BCUT2D eigenvalue weighted by molar-refractivity contribution is -0.132. The predicted molar refractivity (Wildman–Crippen MR) is 109 cm³/mol. The predicted octanol–water partition coefficient (Wildman–Crippen LogP) is 2.47. The van der Waals surface area contributed by atoms with Gasteiger partial charge in [-0.1, -0.05) is 12.1 Å². The number of aryl methyl sites for hydroxylation is 2. The molecule has 0 saturated carbocycles. The van der Waals surface area contributed by atoms with Gasteiger partial charge >= 0.3 is 0 Å². The van der Waals surface area contributed by atoms with Crippen LogP contribution in [0.1, 0.15) is 28.2 Å². The van der Waals surface area contributed by atoms with E-state index in [1.54, 1.807) is 19.2 Å². The fourth-order valence-electron chi connectivity index (χ4n) is 4.87. The van der Waals surface area contributed by atoms with E-state index in [9.17, 15) is 23.8 Å². The van der Waals surface area contributed by atoms with Gasteiger partial charge in [0.2, 0.25) is 0 Å². The van der Waals surface area contributed by atoms with Gasteiger partial charge < -0.3 is 15.1 Å². The molecule has 2 atom stereocenters. The highest BCUT2D eigenvalue weighted by atomic mass is 19.1. The van der Waals surface area contributed by atoms with E-state index in [0.29, 0.717) is 24.0 Å². The molecule has 0 radical (unpaired) electrons. The first-order chi connectivity index (χ1) is 14.8. The number of benzene rings is 2. The average Bonchev–Trinajstić information content (AvgIpc) is 2.89. The van der Waals surface area contributed by atoms with E-state index in [1.807, 2.05) is 0 Å². The number of carbonyl (C=O) groups excluding carboxylic acids is 1. The van der Waals surface area contributed by atoms with Crippen molar-refractivity contribution >= 4 is 12.1 Å². The number of aliphatic hydroxyl groups excluding tert-OH is 2. The zero-order chi connectivity index (χ0) is 21.9. The number of aliphatic hydroxyl groups is 2. The third kappa shape index (κ3) is 3.09. The zero-order valence-electron chi connectivity index (χ0n) is 16.8. The molecule has 0 aromatic heterocycles. The van der Waals surface area contributed by atoms with E-state index in [4.69, 9.17) is 0 Å². The molecule has 1 unspecified atom stereocenters. The fraction of sp³-hybridized carbons (Fsp3) is 0.304. The zero-order valence-corrected chi connectivity index (χ0v) is 16.8. The van der Waals surface area contributed by atoms with Gasteiger partial charge in [-0.3, -0.25) is 9.80 Å². The monoisotopic (exact) mass is 425 g/mol. The van der Waals surface area contributed by atoms with Crippen LogP contribution in [0, 0.1) is 11.6 Å². The van der Waals surface area contributed by atoms with Gasteiger partial charge in [0.1, 0.15) is 17.7 Å². The Bertz CT molecular complexity index is 1090. The molecule has 160 valence electrons. The molecular formula is C23H21F2N3O3. The lowest BCUT2D eigenvalue weighted by Gasteiger charge is -2.45. The summed E-state index contributed by atoms with van der Waals surface area (Å²) in [5, 5.41) is 26.1. The number of piperazine rings is 1. The molecule has 0 spiro atoms. The number of rotatable bonds is 1. The second kappa shape index (κ2) is 7.16. The van der Waals surface area contributed by atoms with Gasteiger partial charge in [-0.15, -0.1) is 0 Å². The summed E-state index contributed by atoms with van der Waals surface area (Å²) in [6.45, 7) is 0.222. The second-order valence-corrected chi connectivity index (χ2v) is 8.20. The fourth-order valence-corrected chi connectivity index (χ4v) is 4.87. The van der Waals surface area contributed by atoms with E-state index in [-0.39, 0.29) is 12.2 Å². The quantitative estimate of drug-likeness (QED) is 0.736. The van der Waals surface area contributed by atoms with Gasteiger partial charge in [-0.25, -0.2) is 8.78 Å². The number of hydrogen-bond acceptors (Lipinski definition) is 5. The highest BCUT2D eigenvalue weighted by Crippen LogP contribution is 2.42. The maximum atomic E-state index is 14.3. The molecule has 0 bridgehead atoms. The Hall–Kier alpha value is -3.26. The van der Waals surface area contributed by atoms with Crippen LogP contribution in [0.4, 0.5) is 8.78 Å². The Labute approximate surface area is 177 Å². The molecule has 6 nitrogen and oxygen atoms in total. The van der Waals surface area contributed by atoms with E-state index >= 15 is 0 Å². The molecule has 1 aliphatic carbocycles. The first-order valence-electron chi connectivity index (χ1n) is 10.1. The van der Waals surface area contributed by atoms with E-state index in [1.165, 1.54) is 34.2 Å². The van der Waals surface area contributed by atoms with Crippen molar-refractivity contribution in [3.05, 3.63) is 81.7 Å². The molecule has 2 aromatic rings. The number of fused-ring (bicyclic) bond motifs is 3. The Balaban J connectivity index is 1.74. The van der Waals surface area contributed by atoms with Crippen molar-refractivity contribution in [1.82, 2.24) is 9.91 Å². The van der Waals surface area contributed by atoms with Crippen LogP contribution in [0.2, 0.25) is 0 Å². The van der Waals surface area contributed by atoms with Crippen molar-refractivity contribution < 1.29 is 23.8 Å². The van der Waals surface area contributed by atoms with Gasteiger partial charge in [0.15, 0.2) is 11.5 Å². The summed E-state index contributed by atoms with van der Waals surface area (Å²) in [5.74, 6) is -2.27. The molecular weight excluding hydrogens is 404 g/mol. The van der Waals surface area contributed by atoms with Crippen molar-refractivity contribution in [2.75, 3.05) is 13.6 Å². The second-order valence-electron chi connectivity index (χ2n) is 8.20. The summed E-state index contributed by atoms with van der Waals surface area (Å²) in [5.41, 5.74) is 3.18. The summed E-state index contributed by atoms with van der Waals surface area (Å²) < 4.78 is 28.7. The molecule has 1 saturated heterocycles. The van der Waals surface area contributed by atoms with Crippen LogP contribution in [0.5, 0.6) is 0 Å².